The Hall–Kier alpha value is -0.425. The molecule has 0 unspecified atom stereocenters. The van der Waals surface area contributed by atoms with E-state index < -0.39 is 0 Å². The highest BCUT2D eigenvalue weighted by Gasteiger charge is 1.93. The van der Waals surface area contributed by atoms with Gasteiger partial charge in [0.1, 0.15) is 7.85 Å². The third kappa shape index (κ3) is 1.28. The van der Waals surface area contributed by atoms with Gasteiger partial charge in [0.05, 0.1) is 0 Å². The van der Waals surface area contributed by atoms with Gasteiger partial charge in [-0.25, -0.2) is 0 Å². The van der Waals surface area contributed by atoms with Crippen LogP contribution in [0.5, 0.6) is 0 Å². The first kappa shape index (κ1) is 6.69. The van der Waals surface area contributed by atoms with Gasteiger partial charge in [-0.3, -0.25) is 0 Å². The second kappa shape index (κ2) is 2.44. The molecule has 0 saturated carbocycles. The molecule has 44 valence electrons. The summed E-state index contributed by atoms with van der Waals surface area (Å²) in [7, 11) is 5.55. The van der Waals surface area contributed by atoms with Crippen molar-refractivity contribution < 1.29 is 0 Å². The van der Waals surface area contributed by atoms with E-state index in [4.69, 9.17) is 19.4 Å². The Bertz CT molecular complexity index is 200. The molecule has 2 radical (unpaired) electrons. The van der Waals surface area contributed by atoms with Crippen LogP contribution in [0.3, 0.4) is 0 Å². The number of aryl methyl sites for hydroxylation is 1. The molecule has 1 rings (SSSR count). The van der Waals surface area contributed by atoms with Crippen molar-refractivity contribution in [2.45, 2.75) is 6.92 Å². The first-order valence-electron chi connectivity index (χ1n) is 2.72. The minimum atomic E-state index is 0.634. The third-order valence-corrected chi connectivity index (χ3v) is 1.60. The molecule has 0 amide bonds. The lowest BCUT2D eigenvalue weighted by Gasteiger charge is -1.99. The molecular weight excluding hydrogens is 130 g/mol. The van der Waals surface area contributed by atoms with E-state index in [9.17, 15) is 0 Å². The molecular formula is C7H6BCl. The van der Waals surface area contributed by atoms with Crippen LogP contribution < -0.4 is 5.46 Å². The second-order valence-corrected chi connectivity index (χ2v) is 2.38. The Morgan fingerprint density at radius 3 is 2.56 bits per heavy atom. The van der Waals surface area contributed by atoms with Crippen LogP contribution in [-0.2, 0) is 0 Å². The Morgan fingerprint density at radius 2 is 2.11 bits per heavy atom. The zero-order chi connectivity index (χ0) is 6.85. The van der Waals surface area contributed by atoms with Crippen molar-refractivity contribution in [2.75, 3.05) is 0 Å². The average Bonchev–Trinajstić information content (AvgIpc) is 1.83. The maximum atomic E-state index is 5.69. The second-order valence-electron chi connectivity index (χ2n) is 1.97. The number of hydrogen-bond donors (Lipinski definition) is 0. The minimum absolute atomic E-state index is 0.634. The van der Waals surface area contributed by atoms with Gasteiger partial charge < -0.3 is 0 Å². The van der Waals surface area contributed by atoms with Crippen LogP contribution in [0, 0.1) is 6.92 Å². The fraction of sp³-hybridized carbons (Fsp3) is 0.143. The van der Waals surface area contributed by atoms with Gasteiger partial charge in [0, 0.05) is 5.02 Å². The van der Waals surface area contributed by atoms with Gasteiger partial charge in [-0.1, -0.05) is 34.8 Å². The van der Waals surface area contributed by atoms with E-state index in [1.54, 1.807) is 6.07 Å². The maximum absolute atomic E-state index is 5.69. The predicted octanol–water partition coefficient (Wildman–Crippen LogP) is 1.44. The zero-order valence-corrected chi connectivity index (χ0v) is 5.94. The summed E-state index contributed by atoms with van der Waals surface area (Å²) in [6.07, 6.45) is 0. The van der Waals surface area contributed by atoms with Crippen LogP contribution in [0.25, 0.3) is 0 Å². The molecule has 1 aromatic carbocycles. The van der Waals surface area contributed by atoms with Crippen LogP contribution in [0.15, 0.2) is 18.2 Å². The van der Waals surface area contributed by atoms with Crippen molar-refractivity contribution in [2.24, 2.45) is 0 Å². The Kier molecular flexibility index (Phi) is 1.82. The topological polar surface area (TPSA) is 0 Å². The molecule has 0 nitrogen and oxygen atoms in total. The standard InChI is InChI=1S/C7H6BCl/c1-5-3-2-4-6(9)7(5)8/h2-4H,1H3. The van der Waals surface area contributed by atoms with Crippen molar-refractivity contribution in [3.8, 4) is 0 Å². The first-order valence-corrected chi connectivity index (χ1v) is 3.10. The van der Waals surface area contributed by atoms with Gasteiger partial charge in [-0.15, -0.1) is 0 Å². The van der Waals surface area contributed by atoms with Crippen molar-refractivity contribution in [3.05, 3.63) is 28.8 Å². The van der Waals surface area contributed by atoms with E-state index in [1.165, 1.54) is 0 Å². The molecule has 0 fully saturated rings. The van der Waals surface area contributed by atoms with Crippen molar-refractivity contribution in [1.82, 2.24) is 0 Å². The Balaban J connectivity index is 3.25. The fourth-order valence-corrected chi connectivity index (χ4v) is 0.867. The highest BCUT2D eigenvalue weighted by molar-refractivity contribution is 6.45. The molecule has 0 saturated heterocycles. The lowest BCUT2D eigenvalue weighted by atomic mass is 9.91. The molecule has 9 heavy (non-hydrogen) atoms. The average molecular weight is 136 g/mol. The molecule has 0 aliphatic heterocycles. The van der Waals surface area contributed by atoms with E-state index >= 15 is 0 Å². The molecule has 0 aliphatic rings. The van der Waals surface area contributed by atoms with E-state index in [0.29, 0.717) is 10.5 Å². The summed E-state index contributed by atoms with van der Waals surface area (Å²) in [5.41, 5.74) is 1.71. The van der Waals surface area contributed by atoms with Gasteiger partial charge in [0.15, 0.2) is 0 Å². The molecule has 0 aromatic heterocycles. The predicted molar refractivity (Wildman–Crippen MR) is 41.6 cm³/mol. The minimum Gasteiger partial charge on any atom is -0.0850 e. The van der Waals surface area contributed by atoms with Crippen LogP contribution in [0.1, 0.15) is 5.56 Å². The van der Waals surface area contributed by atoms with Crippen LogP contribution in [0.4, 0.5) is 0 Å². The molecule has 1 aromatic rings. The largest absolute Gasteiger partial charge is 0.116 e. The van der Waals surface area contributed by atoms with E-state index in [-0.39, 0.29) is 0 Å². The lowest BCUT2D eigenvalue weighted by molar-refractivity contribution is 1.52. The summed E-state index contributed by atoms with van der Waals surface area (Å²) >= 11 is 5.69. The van der Waals surface area contributed by atoms with Gasteiger partial charge in [0.2, 0.25) is 0 Å². The number of hydrogen-bond acceptors (Lipinski definition) is 0. The van der Waals surface area contributed by atoms with E-state index in [0.717, 1.165) is 5.56 Å². The zero-order valence-electron chi connectivity index (χ0n) is 5.19. The highest BCUT2D eigenvalue weighted by atomic mass is 35.5. The summed E-state index contributed by atoms with van der Waals surface area (Å²) < 4.78 is 0. The lowest BCUT2D eigenvalue weighted by Crippen LogP contribution is -2.07. The van der Waals surface area contributed by atoms with E-state index in [2.05, 4.69) is 0 Å². The molecule has 0 bridgehead atoms. The summed E-state index contributed by atoms with van der Waals surface area (Å²) in [4.78, 5) is 0. The van der Waals surface area contributed by atoms with Crippen LogP contribution >= 0.6 is 11.6 Å². The third-order valence-electron chi connectivity index (χ3n) is 1.27. The summed E-state index contributed by atoms with van der Waals surface area (Å²) in [5.74, 6) is 0. The van der Waals surface area contributed by atoms with Gasteiger partial charge in [-0.2, -0.15) is 0 Å². The first-order chi connectivity index (χ1) is 4.22. The monoisotopic (exact) mass is 136 g/mol. The van der Waals surface area contributed by atoms with Crippen LogP contribution in [-0.4, -0.2) is 7.85 Å². The highest BCUT2D eigenvalue weighted by Crippen LogP contribution is 2.04. The Morgan fingerprint density at radius 1 is 1.44 bits per heavy atom. The van der Waals surface area contributed by atoms with E-state index in [1.807, 2.05) is 19.1 Å². The SMILES string of the molecule is [B]c1c(C)cccc1Cl. The molecule has 0 atom stereocenters. The molecule has 0 N–H and O–H groups in total. The van der Waals surface area contributed by atoms with Gasteiger partial charge >= 0.3 is 0 Å². The number of rotatable bonds is 0. The smallest absolute Gasteiger partial charge is 0.0850 e. The Labute approximate surface area is 61.3 Å². The molecule has 0 heterocycles. The quantitative estimate of drug-likeness (QED) is 0.474. The number of halogens is 1. The van der Waals surface area contributed by atoms with Gasteiger partial charge in [-0.05, 0) is 13.0 Å². The maximum Gasteiger partial charge on any atom is 0.116 e. The molecule has 0 spiro atoms. The summed E-state index contributed by atoms with van der Waals surface area (Å²) in [6.45, 7) is 1.93. The number of benzene rings is 1. The van der Waals surface area contributed by atoms with Crippen molar-refractivity contribution in [1.29, 1.82) is 0 Å². The van der Waals surface area contributed by atoms with Gasteiger partial charge in [0.25, 0.3) is 0 Å². The fourth-order valence-electron chi connectivity index (χ4n) is 0.645. The van der Waals surface area contributed by atoms with Crippen molar-refractivity contribution in [3.63, 3.8) is 0 Å². The van der Waals surface area contributed by atoms with Crippen LogP contribution in [0.2, 0.25) is 5.02 Å². The molecule has 2 heteroatoms. The van der Waals surface area contributed by atoms with Crippen molar-refractivity contribution >= 4 is 24.9 Å². The summed E-state index contributed by atoms with van der Waals surface area (Å²) in [5, 5.41) is 0.634. The summed E-state index contributed by atoms with van der Waals surface area (Å²) in [6, 6.07) is 5.60. The molecule has 0 aliphatic carbocycles. The normalized spacial score (nSPS) is 9.56.